The molecule has 0 unspecified atom stereocenters. The van der Waals surface area contributed by atoms with Crippen molar-refractivity contribution in [3.63, 3.8) is 0 Å². The quantitative estimate of drug-likeness (QED) is 0.522. The summed E-state index contributed by atoms with van der Waals surface area (Å²) in [5.41, 5.74) is 1.83. The molecule has 1 fully saturated rings. The Hall–Kier alpha value is -2.87. The molecule has 0 atom stereocenters. The number of ether oxygens (including phenoxy) is 2. The number of aryl methyl sites for hydroxylation is 1. The van der Waals surface area contributed by atoms with Crippen molar-refractivity contribution in [1.82, 2.24) is 9.78 Å². The molecule has 1 saturated carbocycles. The van der Waals surface area contributed by atoms with Crippen LogP contribution in [0.3, 0.4) is 0 Å². The molecule has 1 aliphatic carbocycles. The van der Waals surface area contributed by atoms with Gasteiger partial charge in [-0.25, -0.2) is 4.79 Å². The highest BCUT2D eigenvalue weighted by Crippen LogP contribution is 2.36. The molecular weight excluding hydrogens is 414 g/mol. The fourth-order valence-electron chi connectivity index (χ4n) is 4.10. The molecule has 1 aromatic carbocycles. The van der Waals surface area contributed by atoms with E-state index in [1.807, 2.05) is 13.0 Å². The first-order valence-electron chi connectivity index (χ1n) is 10.7. The normalized spacial score (nSPS) is 14.5. The van der Waals surface area contributed by atoms with Crippen LogP contribution in [0.15, 0.2) is 24.3 Å². The van der Waals surface area contributed by atoms with E-state index in [0.29, 0.717) is 27.9 Å². The van der Waals surface area contributed by atoms with Crippen molar-refractivity contribution in [2.24, 2.45) is 0 Å². The fraction of sp³-hybridized carbons (Fsp3) is 0.435. The molecule has 164 valence electrons. The second-order valence-electron chi connectivity index (χ2n) is 7.74. The third-order valence-corrected chi connectivity index (χ3v) is 6.79. The average molecular weight is 442 g/mol. The predicted molar refractivity (Wildman–Crippen MR) is 121 cm³/mol. The Morgan fingerprint density at radius 3 is 2.71 bits per heavy atom. The maximum absolute atomic E-state index is 12.9. The van der Waals surface area contributed by atoms with Gasteiger partial charge in [0.25, 0.3) is 5.91 Å². The number of aromatic nitrogens is 2. The highest BCUT2D eigenvalue weighted by Gasteiger charge is 2.23. The molecule has 2 heterocycles. The van der Waals surface area contributed by atoms with Gasteiger partial charge in [0.2, 0.25) is 0 Å². The van der Waals surface area contributed by atoms with Gasteiger partial charge in [-0.05, 0) is 44.9 Å². The summed E-state index contributed by atoms with van der Waals surface area (Å²) in [5.74, 6) is -0.289. The molecule has 7 nitrogen and oxygen atoms in total. The number of methoxy groups -OCH3 is 1. The van der Waals surface area contributed by atoms with Crippen LogP contribution in [0.1, 0.15) is 70.8 Å². The van der Waals surface area contributed by atoms with Crippen LogP contribution in [0.25, 0.3) is 10.2 Å². The number of anilines is 1. The van der Waals surface area contributed by atoms with E-state index in [1.54, 1.807) is 25.1 Å². The number of benzene rings is 1. The molecule has 2 aromatic heterocycles. The molecule has 1 amide bonds. The summed E-state index contributed by atoms with van der Waals surface area (Å²) < 4.78 is 12.5. The predicted octanol–water partition coefficient (Wildman–Crippen LogP) is 5.35. The lowest BCUT2D eigenvalue weighted by atomic mass is 9.96. The zero-order valence-corrected chi connectivity index (χ0v) is 18.9. The van der Waals surface area contributed by atoms with Crippen LogP contribution in [0.2, 0.25) is 0 Å². The number of carbonyl (C=O) groups excluding carboxylic acids is 2. The Morgan fingerprint density at radius 1 is 1.23 bits per heavy atom. The number of carbonyl (C=O) groups is 2. The van der Waals surface area contributed by atoms with Crippen LogP contribution in [-0.4, -0.2) is 35.4 Å². The van der Waals surface area contributed by atoms with Crippen LogP contribution < -0.4 is 10.1 Å². The lowest BCUT2D eigenvalue weighted by molar-refractivity contribution is 0.0522. The summed E-state index contributed by atoms with van der Waals surface area (Å²) in [7, 11) is 1.48. The fourth-order valence-corrected chi connectivity index (χ4v) is 5.22. The van der Waals surface area contributed by atoms with E-state index in [2.05, 4.69) is 10.00 Å². The standard InChI is InChI=1S/C23H27N3O4S/c1-4-30-23(28)17-11-10-15(12-19(17)29-3)24-21(27)20-13-18-14(2)25-26(22(18)31-20)16-8-6-5-7-9-16/h10-13,16H,4-9H2,1-3H3,(H,24,27). The third-order valence-electron chi connectivity index (χ3n) is 5.67. The summed E-state index contributed by atoms with van der Waals surface area (Å²) in [6.45, 7) is 4.03. The van der Waals surface area contributed by atoms with E-state index in [-0.39, 0.29) is 12.5 Å². The summed E-state index contributed by atoms with van der Waals surface area (Å²) in [6.07, 6.45) is 6.03. The van der Waals surface area contributed by atoms with Gasteiger partial charge in [0.15, 0.2) is 0 Å². The number of fused-ring (bicyclic) bond motifs is 1. The zero-order valence-electron chi connectivity index (χ0n) is 18.1. The molecule has 0 bridgehead atoms. The van der Waals surface area contributed by atoms with Crippen molar-refractivity contribution < 1.29 is 19.1 Å². The summed E-state index contributed by atoms with van der Waals surface area (Å²) >= 11 is 1.47. The Labute approximate surface area is 185 Å². The van der Waals surface area contributed by atoms with Crippen LogP contribution in [0, 0.1) is 6.92 Å². The van der Waals surface area contributed by atoms with Gasteiger partial charge < -0.3 is 14.8 Å². The van der Waals surface area contributed by atoms with Crippen LogP contribution >= 0.6 is 11.3 Å². The minimum Gasteiger partial charge on any atom is -0.496 e. The van der Waals surface area contributed by atoms with Crippen molar-refractivity contribution in [3.8, 4) is 5.75 Å². The number of nitrogens with zero attached hydrogens (tertiary/aromatic N) is 2. The van der Waals surface area contributed by atoms with Gasteiger partial charge in [-0.2, -0.15) is 5.10 Å². The van der Waals surface area contributed by atoms with E-state index < -0.39 is 5.97 Å². The first kappa shape index (κ1) is 21.4. The number of hydrogen-bond donors (Lipinski definition) is 1. The van der Waals surface area contributed by atoms with Crippen LogP contribution in [0.4, 0.5) is 5.69 Å². The maximum Gasteiger partial charge on any atom is 0.341 e. The minimum atomic E-state index is -0.454. The van der Waals surface area contributed by atoms with Gasteiger partial charge in [-0.1, -0.05) is 19.3 Å². The van der Waals surface area contributed by atoms with Crippen molar-refractivity contribution in [1.29, 1.82) is 0 Å². The number of hydrogen-bond acceptors (Lipinski definition) is 6. The molecule has 0 aliphatic heterocycles. The third kappa shape index (κ3) is 4.30. The van der Waals surface area contributed by atoms with Crippen molar-refractivity contribution >= 4 is 39.1 Å². The summed E-state index contributed by atoms with van der Waals surface area (Å²) in [6, 6.07) is 7.24. The number of nitrogens with one attached hydrogen (secondary N) is 1. The molecule has 0 radical (unpaired) electrons. The van der Waals surface area contributed by atoms with Crippen molar-refractivity contribution in [3.05, 3.63) is 40.4 Å². The molecule has 1 N–H and O–H groups in total. The van der Waals surface area contributed by atoms with Gasteiger partial charge in [0.05, 0.1) is 30.3 Å². The van der Waals surface area contributed by atoms with Gasteiger partial charge in [-0.15, -0.1) is 11.3 Å². The van der Waals surface area contributed by atoms with E-state index in [9.17, 15) is 9.59 Å². The minimum absolute atomic E-state index is 0.193. The highest BCUT2D eigenvalue weighted by atomic mass is 32.1. The van der Waals surface area contributed by atoms with E-state index in [0.717, 1.165) is 28.8 Å². The Bertz CT molecular complexity index is 1110. The van der Waals surface area contributed by atoms with Crippen LogP contribution in [0.5, 0.6) is 5.75 Å². The van der Waals surface area contributed by atoms with Crippen molar-refractivity contribution in [2.75, 3.05) is 19.0 Å². The second-order valence-corrected chi connectivity index (χ2v) is 8.77. The molecule has 31 heavy (non-hydrogen) atoms. The lowest BCUT2D eigenvalue weighted by Gasteiger charge is -2.22. The first-order chi connectivity index (χ1) is 15.0. The average Bonchev–Trinajstić information content (AvgIpc) is 3.35. The molecule has 8 heteroatoms. The number of rotatable bonds is 6. The highest BCUT2D eigenvalue weighted by molar-refractivity contribution is 7.20. The maximum atomic E-state index is 12.9. The smallest absolute Gasteiger partial charge is 0.341 e. The largest absolute Gasteiger partial charge is 0.496 e. The van der Waals surface area contributed by atoms with Crippen molar-refractivity contribution in [2.45, 2.75) is 52.0 Å². The van der Waals surface area contributed by atoms with E-state index in [1.165, 1.54) is 37.7 Å². The lowest BCUT2D eigenvalue weighted by Crippen LogP contribution is -2.14. The number of esters is 1. The van der Waals surface area contributed by atoms with Gasteiger partial charge in [0.1, 0.15) is 16.1 Å². The Morgan fingerprint density at radius 2 is 2.00 bits per heavy atom. The molecule has 1 aliphatic rings. The summed E-state index contributed by atoms with van der Waals surface area (Å²) in [5, 5.41) is 8.70. The SMILES string of the molecule is CCOC(=O)c1ccc(NC(=O)c2cc3c(C)nn(C4CCCCC4)c3s2)cc1OC. The molecule has 3 aromatic rings. The van der Waals surface area contributed by atoms with E-state index >= 15 is 0 Å². The van der Waals surface area contributed by atoms with Gasteiger partial charge in [-0.3, -0.25) is 9.48 Å². The number of amides is 1. The van der Waals surface area contributed by atoms with Crippen LogP contribution in [-0.2, 0) is 4.74 Å². The molecule has 4 rings (SSSR count). The number of thiophene rings is 1. The first-order valence-corrected chi connectivity index (χ1v) is 11.5. The second kappa shape index (κ2) is 9.09. The van der Waals surface area contributed by atoms with Gasteiger partial charge >= 0.3 is 5.97 Å². The summed E-state index contributed by atoms with van der Waals surface area (Å²) in [4.78, 5) is 26.7. The molecule has 0 saturated heterocycles. The van der Waals surface area contributed by atoms with Gasteiger partial charge in [0, 0.05) is 17.1 Å². The monoisotopic (exact) mass is 441 g/mol. The zero-order chi connectivity index (χ0) is 22.0. The topological polar surface area (TPSA) is 82.5 Å². The van der Waals surface area contributed by atoms with E-state index in [4.69, 9.17) is 14.6 Å². The molecule has 0 spiro atoms. The Balaban J connectivity index is 1.56. The Kier molecular flexibility index (Phi) is 6.27. The molecular formula is C23H27N3O4S.